The summed E-state index contributed by atoms with van der Waals surface area (Å²) < 4.78 is 36.2. The smallest absolute Gasteiger partial charge is 0.340 e. The van der Waals surface area contributed by atoms with Crippen LogP contribution in [0, 0.1) is 29.9 Å². The lowest BCUT2D eigenvalue weighted by Gasteiger charge is -2.13. The molecule has 35 heavy (non-hydrogen) atoms. The lowest BCUT2D eigenvalue weighted by atomic mass is 10.0. The van der Waals surface area contributed by atoms with Gasteiger partial charge >= 0.3 is 5.97 Å². The summed E-state index contributed by atoms with van der Waals surface area (Å²) in [4.78, 5) is 29.5. The van der Waals surface area contributed by atoms with Gasteiger partial charge in [0.05, 0.1) is 34.5 Å². The van der Waals surface area contributed by atoms with Crippen molar-refractivity contribution in [2.75, 3.05) is 6.61 Å². The molecule has 0 bridgehead atoms. The van der Waals surface area contributed by atoms with Crippen LogP contribution in [-0.4, -0.2) is 37.1 Å². The first-order valence-electron chi connectivity index (χ1n) is 10.6. The molecule has 0 radical (unpaired) electrons. The topological polar surface area (TPSA) is 107 Å². The molecular formula is C25H16F2N6O2. The Hall–Kier alpha value is -4.78. The Labute approximate surface area is 197 Å². The number of fused-ring (bicyclic) bond motifs is 2. The normalized spacial score (nSPS) is 11.1. The van der Waals surface area contributed by atoms with Crippen molar-refractivity contribution >= 4 is 27.9 Å². The van der Waals surface area contributed by atoms with Gasteiger partial charge in [-0.25, -0.2) is 28.5 Å². The number of carbonyl (C=O) groups is 1. The molecule has 5 rings (SSSR count). The molecule has 0 saturated carbocycles. The molecule has 0 spiro atoms. The Morgan fingerprint density at radius 1 is 1.06 bits per heavy atom. The van der Waals surface area contributed by atoms with Gasteiger partial charge < -0.3 is 4.74 Å². The van der Waals surface area contributed by atoms with Gasteiger partial charge in [-0.1, -0.05) is 0 Å². The maximum absolute atomic E-state index is 14.9. The first-order chi connectivity index (χ1) is 16.9. The second-order valence-corrected chi connectivity index (χ2v) is 7.57. The third-order valence-electron chi connectivity index (χ3n) is 5.49. The van der Waals surface area contributed by atoms with Gasteiger partial charge in [-0.2, -0.15) is 5.26 Å². The Morgan fingerprint density at radius 3 is 2.60 bits per heavy atom. The number of pyridine rings is 1. The number of nitriles is 1. The Morgan fingerprint density at radius 2 is 1.83 bits per heavy atom. The molecule has 8 nitrogen and oxygen atoms in total. The molecule has 0 amide bonds. The van der Waals surface area contributed by atoms with Gasteiger partial charge in [-0.05, 0) is 50.2 Å². The molecule has 172 valence electrons. The highest BCUT2D eigenvalue weighted by Gasteiger charge is 2.22. The number of ether oxygens (including phenoxy) is 1. The number of aromatic nitrogens is 5. The Bertz CT molecular complexity index is 1690. The quantitative estimate of drug-likeness (QED) is 0.352. The van der Waals surface area contributed by atoms with Crippen LogP contribution in [0.15, 0.2) is 48.8 Å². The van der Waals surface area contributed by atoms with E-state index in [4.69, 9.17) is 4.74 Å². The van der Waals surface area contributed by atoms with E-state index in [-0.39, 0.29) is 28.9 Å². The molecule has 10 heteroatoms. The first kappa shape index (κ1) is 22.0. The van der Waals surface area contributed by atoms with E-state index in [0.717, 1.165) is 12.1 Å². The van der Waals surface area contributed by atoms with Crippen molar-refractivity contribution < 1.29 is 18.3 Å². The van der Waals surface area contributed by atoms with Crippen LogP contribution in [-0.2, 0) is 4.74 Å². The molecule has 0 aliphatic heterocycles. The number of halogens is 2. The second-order valence-electron chi connectivity index (χ2n) is 7.57. The number of nitrogens with zero attached hydrogens (tertiary/aromatic N) is 6. The van der Waals surface area contributed by atoms with Crippen LogP contribution in [0.4, 0.5) is 8.78 Å². The van der Waals surface area contributed by atoms with Gasteiger partial charge in [-0.3, -0.25) is 9.55 Å². The zero-order valence-electron chi connectivity index (χ0n) is 18.6. The maximum atomic E-state index is 14.9. The summed E-state index contributed by atoms with van der Waals surface area (Å²) in [6, 6.07) is 10.4. The summed E-state index contributed by atoms with van der Waals surface area (Å²) in [5.74, 6) is -1.53. The molecule has 5 aromatic rings. The van der Waals surface area contributed by atoms with Gasteiger partial charge in [0.25, 0.3) is 0 Å². The van der Waals surface area contributed by atoms with Gasteiger partial charge in [0, 0.05) is 18.0 Å². The lowest BCUT2D eigenvalue weighted by molar-refractivity contribution is 0.0528. The van der Waals surface area contributed by atoms with Crippen LogP contribution in [0.2, 0.25) is 0 Å². The fraction of sp³-hybridized carbons (Fsp3) is 0.120. The third-order valence-corrected chi connectivity index (χ3v) is 5.49. The summed E-state index contributed by atoms with van der Waals surface area (Å²) in [7, 11) is 0. The molecule has 0 unspecified atom stereocenters. The van der Waals surface area contributed by atoms with E-state index in [2.05, 4.69) is 19.9 Å². The molecule has 0 fully saturated rings. The van der Waals surface area contributed by atoms with Crippen molar-refractivity contribution in [1.82, 2.24) is 24.5 Å². The summed E-state index contributed by atoms with van der Waals surface area (Å²) >= 11 is 0. The molecule has 0 atom stereocenters. The standard InChI is InChI=1S/C25H16F2N6O2/c1-3-35-25(34)15-10-14(18-6-8-29-21(12-28)32-18)11-20-23(15)31-13(2)33(20)19-7-9-30-24-17(27)5-4-16(26)22(19)24/h4-11H,3H2,1-2H3. The number of hydrogen-bond acceptors (Lipinski definition) is 7. The van der Waals surface area contributed by atoms with Crippen molar-refractivity contribution in [3.63, 3.8) is 0 Å². The zero-order valence-corrected chi connectivity index (χ0v) is 18.6. The molecule has 0 N–H and O–H groups in total. The van der Waals surface area contributed by atoms with Crippen LogP contribution in [0.3, 0.4) is 0 Å². The van der Waals surface area contributed by atoms with E-state index < -0.39 is 17.6 Å². The summed E-state index contributed by atoms with van der Waals surface area (Å²) in [5.41, 5.74) is 2.00. The molecule has 3 aromatic heterocycles. The summed E-state index contributed by atoms with van der Waals surface area (Å²) in [5, 5.41) is 9.18. The molecule has 0 saturated heterocycles. The minimum absolute atomic E-state index is 0.0215. The van der Waals surface area contributed by atoms with Gasteiger partial charge in [-0.15, -0.1) is 0 Å². The second kappa shape index (κ2) is 8.53. The van der Waals surface area contributed by atoms with E-state index >= 15 is 0 Å². The highest BCUT2D eigenvalue weighted by molar-refractivity contribution is 6.05. The minimum Gasteiger partial charge on any atom is -0.462 e. The molecular weight excluding hydrogens is 454 g/mol. The number of imidazole rings is 1. The van der Waals surface area contributed by atoms with E-state index in [1.54, 1.807) is 42.7 Å². The van der Waals surface area contributed by atoms with E-state index in [0.29, 0.717) is 33.8 Å². The predicted octanol–water partition coefficient (Wildman–Crippen LogP) is 4.67. The SMILES string of the molecule is CCOC(=O)c1cc(-c2ccnc(C#N)n2)cc2c1nc(C)n2-c1ccnc2c(F)ccc(F)c12. The monoisotopic (exact) mass is 470 g/mol. The molecule has 0 aliphatic rings. The van der Waals surface area contributed by atoms with Gasteiger partial charge in [0.2, 0.25) is 5.82 Å². The van der Waals surface area contributed by atoms with E-state index in [1.165, 1.54) is 12.4 Å². The minimum atomic E-state index is -0.664. The zero-order chi connectivity index (χ0) is 24.7. The van der Waals surface area contributed by atoms with E-state index in [1.807, 2.05) is 6.07 Å². The Balaban J connectivity index is 1.88. The van der Waals surface area contributed by atoms with Crippen molar-refractivity contribution in [2.24, 2.45) is 0 Å². The lowest BCUT2D eigenvalue weighted by Crippen LogP contribution is -2.06. The van der Waals surface area contributed by atoms with Crippen LogP contribution < -0.4 is 0 Å². The van der Waals surface area contributed by atoms with Crippen molar-refractivity contribution in [2.45, 2.75) is 13.8 Å². The van der Waals surface area contributed by atoms with Crippen molar-refractivity contribution in [1.29, 1.82) is 5.26 Å². The fourth-order valence-electron chi connectivity index (χ4n) is 4.05. The highest BCUT2D eigenvalue weighted by Crippen LogP contribution is 2.33. The number of hydrogen-bond donors (Lipinski definition) is 0. The largest absolute Gasteiger partial charge is 0.462 e. The number of rotatable bonds is 4. The molecule has 2 aromatic carbocycles. The fourth-order valence-corrected chi connectivity index (χ4v) is 4.05. The summed E-state index contributed by atoms with van der Waals surface area (Å²) in [6.07, 6.45) is 2.82. The summed E-state index contributed by atoms with van der Waals surface area (Å²) in [6.45, 7) is 3.53. The van der Waals surface area contributed by atoms with Gasteiger partial charge in [0.15, 0.2) is 0 Å². The molecule has 0 aliphatic carbocycles. The van der Waals surface area contributed by atoms with Crippen LogP contribution in [0.5, 0.6) is 0 Å². The number of aryl methyl sites for hydroxylation is 1. The maximum Gasteiger partial charge on any atom is 0.340 e. The number of benzene rings is 2. The van der Waals surface area contributed by atoms with E-state index in [9.17, 15) is 18.8 Å². The third kappa shape index (κ3) is 3.63. The molecule has 3 heterocycles. The first-order valence-corrected chi connectivity index (χ1v) is 10.6. The Kier molecular flexibility index (Phi) is 5.37. The van der Waals surface area contributed by atoms with Crippen molar-refractivity contribution in [3.05, 3.63) is 77.6 Å². The van der Waals surface area contributed by atoms with Gasteiger partial charge in [0.1, 0.15) is 34.6 Å². The average Bonchev–Trinajstić information content (AvgIpc) is 3.21. The predicted molar refractivity (Wildman–Crippen MR) is 123 cm³/mol. The van der Waals surface area contributed by atoms with Crippen LogP contribution in [0.25, 0.3) is 38.9 Å². The van der Waals surface area contributed by atoms with Crippen molar-refractivity contribution in [3.8, 4) is 23.0 Å². The number of esters is 1. The highest BCUT2D eigenvalue weighted by atomic mass is 19.1. The van der Waals surface area contributed by atoms with Crippen LogP contribution in [0.1, 0.15) is 28.9 Å². The number of carbonyl (C=O) groups excluding carboxylic acids is 1. The van der Waals surface area contributed by atoms with Crippen LogP contribution >= 0.6 is 0 Å². The average molecular weight is 470 g/mol.